The number of amides is 2. The number of halogens is 1. The standard InChI is InChI=1S/C20H19FN4O2S/c1-12-3-9-16(10-4-12)22-18(26)11-17-19(27)23-20(28-17)25-24-13(2)14-5-7-15(21)8-6-14/h3-10,17H,11H2,1-2H3,(H,22,26)(H,23,25,27). The monoisotopic (exact) mass is 398 g/mol. The Labute approximate surface area is 166 Å². The van der Waals surface area contributed by atoms with Gasteiger partial charge in [-0.1, -0.05) is 41.6 Å². The van der Waals surface area contributed by atoms with Gasteiger partial charge in [0.25, 0.3) is 0 Å². The molecular formula is C20H19FN4O2S. The van der Waals surface area contributed by atoms with Crippen LogP contribution in [0.25, 0.3) is 0 Å². The van der Waals surface area contributed by atoms with Crippen molar-refractivity contribution in [1.29, 1.82) is 0 Å². The summed E-state index contributed by atoms with van der Waals surface area (Å²) in [6.07, 6.45) is 0.0318. The number of benzene rings is 2. The fourth-order valence-electron chi connectivity index (χ4n) is 2.47. The van der Waals surface area contributed by atoms with Crippen molar-refractivity contribution in [3.05, 3.63) is 65.5 Å². The molecule has 0 spiro atoms. The highest BCUT2D eigenvalue weighted by molar-refractivity contribution is 8.15. The van der Waals surface area contributed by atoms with Crippen LogP contribution in [0.3, 0.4) is 0 Å². The third-order valence-electron chi connectivity index (χ3n) is 4.04. The first kappa shape index (κ1) is 19.8. The van der Waals surface area contributed by atoms with Crippen molar-refractivity contribution in [2.45, 2.75) is 25.5 Å². The minimum absolute atomic E-state index is 0.0318. The van der Waals surface area contributed by atoms with Gasteiger partial charge in [0.15, 0.2) is 5.17 Å². The summed E-state index contributed by atoms with van der Waals surface area (Å²) in [5.74, 6) is -0.852. The lowest BCUT2D eigenvalue weighted by atomic mass is 10.1. The van der Waals surface area contributed by atoms with E-state index < -0.39 is 5.25 Å². The first-order chi connectivity index (χ1) is 13.4. The van der Waals surface area contributed by atoms with Crippen LogP contribution in [0.2, 0.25) is 0 Å². The molecule has 6 nitrogen and oxygen atoms in total. The van der Waals surface area contributed by atoms with Crippen molar-refractivity contribution in [3.63, 3.8) is 0 Å². The lowest BCUT2D eigenvalue weighted by Crippen LogP contribution is -2.28. The van der Waals surface area contributed by atoms with Gasteiger partial charge in [0.1, 0.15) is 11.1 Å². The number of rotatable bonds is 5. The molecular weight excluding hydrogens is 379 g/mol. The summed E-state index contributed by atoms with van der Waals surface area (Å²) in [6, 6.07) is 13.3. The van der Waals surface area contributed by atoms with Gasteiger partial charge in [-0.3, -0.25) is 9.59 Å². The molecule has 0 bridgehead atoms. The lowest BCUT2D eigenvalue weighted by Gasteiger charge is -2.07. The number of nitrogens with one attached hydrogen (secondary N) is 2. The summed E-state index contributed by atoms with van der Waals surface area (Å²) in [7, 11) is 0. The summed E-state index contributed by atoms with van der Waals surface area (Å²) in [5.41, 5.74) is 3.10. The second-order valence-corrected chi connectivity index (χ2v) is 7.50. The molecule has 2 N–H and O–H groups in total. The maximum atomic E-state index is 13.0. The number of amidine groups is 1. The Morgan fingerprint density at radius 3 is 2.54 bits per heavy atom. The van der Waals surface area contributed by atoms with Crippen molar-refractivity contribution in [2.75, 3.05) is 5.32 Å². The Balaban J connectivity index is 1.58. The van der Waals surface area contributed by atoms with Crippen LogP contribution in [-0.2, 0) is 9.59 Å². The average Bonchev–Trinajstić information content (AvgIpc) is 3.01. The van der Waals surface area contributed by atoms with Crippen LogP contribution in [0.5, 0.6) is 0 Å². The number of carbonyl (C=O) groups excluding carboxylic acids is 2. The molecule has 1 atom stereocenters. The molecule has 2 aromatic carbocycles. The first-order valence-electron chi connectivity index (χ1n) is 8.63. The zero-order valence-corrected chi connectivity index (χ0v) is 16.2. The van der Waals surface area contributed by atoms with E-state index in [2.05, 4.69) is 20.8 Å². The van der Waals surface area contributed by atoms with Crippen LogP contribution in [-0.4, -0.2) is 27.9 Å². The normalized spacial score (nSPS) is 18.2. The van der Waals surface area contributed by atoms with Crippen molar-refractivity contribution in [3.8, 4) is 0 Å². The largest absolute Gasteiger partial charge is 0.326 e. The fourth-order valence-corrected chi connectivity index (χ4v) is 3.39. The van der Waals surface area contributed by atoms with E-state index in [4.69, 9.17) is 0 Å². The van der Waals surface area contributed by atoms with Gasteiger partial charge in [-0.15, -0.1) is 5.10 Å². The van der Waals surface area contributed by atoms with Gasteiger partial charge in [-0.2, -0.15) is 5.10 Å². The van der Waals surface area contributed by atoms with E-state index >= 15 is 0 Å². The van der Waals surface area contributed by atoms with Gasteiger partial charge in [0, 0.05) is 12.1 Å². The Bertz CT molecular complexity index is 940. The van der Waals surface area contributed by atoms with Crippen molar-refractivity contribution < 1.29 is 14.0 Å². The van der Waals surface area contributed by atoms with Gasteiger partial charge >= 0.3 is 0 Å². The second-order valence-electron chi connectivity index (χ2n) is 6.31. The predicted octanol–water partition coefficient (Wildman–Crippen LogP) is 3.47. The molecule has 1 unspecified atom stereocenters. The molecule has 0 radical (unpaired) electrons. The molecule has 2 amide bonds. The van der Waals surface area contributed by atoms with Crippen molar-refractivity contribution >= 4 is 40.1 Å². The molecule has 0 saturated carbocycles. The SMILES string of the molecule is CC(=N/N=C1\NC(=O)C(CC(=O)Nc2ccc(C)cc2)S1)c1ccc(F)cc1. The molecule has 1 saturated heterocycles. The molecule has 144 valence electrons. The van der Waals surface area contributed by atoms with E-state index in [-0.39, 0.29) is 24.1 Å². The molecule has 1 heterocycles. The minimum Gasteiger partial charge on any atom is -0.326 e. The van der Waals surface area contributed by atoms with Crippen LogP contribution >= 0.6 is 11.8 Å². The highest BCUT2D eigenvalue weighted by Crippen LogP contribution is 2.23. The number of hydrogen-bond donors (Lipinski definition) is 2. The summed E-state index contributed by atoms with van der Waals surface area (Å²) in [4.78, 5) is 24.3. The second kappa shape index (κ2) is 8.79. The highest BCUT2D eigenvalue weighted by Gasteiger charge is 2.32. The Hall–Kier alpha value is -3.00. The van der Waals surface area contributed by atoms with E-state index in [0.29, 0.717) is 16.6 Å². The number of thioether (sulfide) groups is 1. The van der Waals surface area contributed by atoms with Crippen LogP contribution in [0.15, 0.2) is 58.7 Å². The molecule has 28 heavy (non-hydrogen) atoms. The molecule has 0 aromatic heterocycles. The topological polar surface area (TPSA) is 82.9 Å². The fraction of sp³-hybridized carbons (Fsp3) is 0.200. The zero-order chi connectivity index (χ0) is 20.1. The summed E-state index contributed by atoms with van der Waals surface area (Å²) in [6.45, 7) is 3.71. The Kier molecular flexibility index (Phi) is 6.20. The van der Waals surface area contributed by atoms with E-state index in [1.807, 2.05) is 31.2 Å². The van der Waals surface area contributed by atoms with Crippen LogP contribution in [0.4, 0.5) is 10.1 Å². The maximum absolute atomic E-state index is 13.0. The van der Waals surface area contributed by atoms with Gasteiger partial charge in [0.05, 0.1) is 5.71 Å². The number of anilines is 1. The number of nitrogens with zero attached hydrogens (tertiary/aromatic N) is 2. The van der Waals surface area contributed by atoms with Gasteiger partial charge in [-0.05, 0) is 43.7 Å². The lowest BCUT2D eigenvalue weighted by molar-refractivity contribution is -0.122. The Morgan fingerprint density at radius 2 is 1.86 bits per heavy atom. The molecule has 8 heteroatoms. The number of aryl methyl sites for hydroxylation is 1. The number of carbonyl (C=O) groups is 2. The van der Waals surface area contributed by atoms with Gasteiger partial charge < -0.3 is 10.6 Å². The van der Waals surface area contributed by atoms with Crippen molar-refractivity contribution in [2.24, 2.45) is 10.2 Å². The average molecular weight is 398 g/mol. The molecule has 1 aliphatic heterocycles. The summed E-state index contributed by atoms with van der Waals surface area (Å²) >= 11 is 1.16. The minimum atomic E-state index is -0.564. The smallest absolute Gasteiger partial charge is 0.240 e. The third-order valence-corrected chi connectivity index (χ3v) is 5.11. The van der Waals surface area contributed by atoms with E-state index in [9.17, 15) is 14.0 Å². The Morgan fingerprint density at radius 1 is 1.18 bits per heavy atom. The van der Waals surface area contributed by atoms with E-state index in [1.54, 1.807) is 19.1 Å². The summed E-state index contributed by atoms with van der Waals surface area (Å²) < 4.78 is 13.0. The molecule has 1 aliphatic rings. The first-order valence-corrected chi connectivity index (χ1v) is 9.51. The highest BCUT2D eigenvalue weighted by atomic mass is 32.2. The molecule has 1 fully saturated rings. The quantitative estimate of drug-likeness (QED) is 0.598. The predicted molar refractivity (Wildman–Crippen MR) is 110 cm³/mol. The van der Waals surface area contributed by atoms with Crippen LogP contribution in [0, 0.1) is 12.7 Å². The third kappa shape index (κ3) is 5.26. The van der Waals surface area contributed by atoms with Crippen molar-refractivity contribution in [1.82, 2.24) is 5.32 Å². The van der Waals surface area contributed by atoms with Crippen LogP contribution < -0.4 is 10.6 Å². The molecule has 3 rings (SSSR count). The van der Waals surface area contributed by atoms with E-state index in [1.165, 1.54) is 12.1 Å². The molecule has 2 aromatic rings. The van der Waals surface area contributed by atoms with E-state index in [0.717, 1.165) is 22.9 Å². The maximum Gasteiger partial charge on any atom is 0.240 e. The number of hydrogen-bond acceptors (Lipinski definition) is 5. The van der Waals surface area contributed by atoms with Gasteiger partial charge in [0.2, 0.25) is 11.8 Å². The van der Waals surface area contributed by atoms with Gasteiger partial charge in [-0.25, -0.2) is 4.39 Å². The zero-order valence-electron chi connectivity index (χ0n) is 15.4. The summed E-state index contributed by atoms with van der Waals surface area (Å²) in [5, 5.41) is 13.3. The molecule has 0 aliphatic carbocycles. The van der Waals surface area contributed by atoms with Crippen LogP contribution in [0.1, 0.15) is 24.5 Å².